The highest BCUT2D eigenvalue weighted by molar-refractivity contribution is 5.98. The quantitative estimate of drug-likeness (QED) is 0.120. The van der Waals surface area contributed by atoms with Crippen LogP contribution in [0.1, 0.15) is 11.1 Å². The van der Waals surface area contributed by atoms with Gasteiger partial charge in [-0.1, -0.05) is 0 Å². The van der Waals surface area contributed by atoms with Crippen molar-refractivity contribution in [3.63, 3.8) is 0 Å². The minimum absolute atomic E-state index is 0.0150. The van der Waals surface area contributed by atoms with Gasteiger partial charge in [0.25, 0.3) is 46.3 Å². The first-order valence-electron chi connectivity index (χ1n) is 11.3. The smallest absolute Gasteiger partial charge is 0.453 e. The molecule has 2 aliphatic heterocycles. The van der Waals surface area contributed by atoms with E-state index in [9.17, 15) is 96.7 Å². The minimum Gasteiger partial charge on any atom is -0.493 e. The number of piperidine rings is 1. The number of nitrogens with two attached hydrogens (primary N) is 1. The fourth-order valence-electron chi connectivity index (χ4n) is 5.11. The monoisotopic (exact) mass is 668 g/mol. The lowest BCUT2D eigenvalue weighted by atomic mass is 9.62. The highest BCUT2D eigenvalue weighted by Crippen LogP contribution is 2.62. The fourth-order valence-corrected chi connectivity index (χ4v) is 5.11. The Morgan fingerprint density at radius 1 is 0.689 bits per heavy atom. The van der Waals surface area contributed by atoms with E-state index < -0.39 is 97.5 Å². The summed E-state index contributed by atoms with van der Waals surface area (Å²) in [6, 6.07) is 0.0295. The van der Waals surface area contributed by atoms with E-state index in [4.69, 9.17) is 20.1 Å². The average Bonchev–Trinajstić information content (AvgIpc) is 2.82. The largest absolute Gasteiger partial charge is 0.493 e. The molecule has 23 N–H and O–H groups in total. The molecule has 1 saturated heterocycles. The molecule has 2 heterocycles. The number of benzene rings is 1. The molecule has 3 rings (SSSR count). The highest BCUT2D eigenvalue weighted by Gasteiger charge is 2.93. The standard InChI is InChI=1S/C19H28N2O24/c1-44-6-2-4-5(3-7(6)45-19(41,42)43)11(25,26)17(36,37)21-10(4,24)12(27,28)8(22)9(23,16(21,34)35)14(30,31)13(29,15(20,32)33)18(38,39)40/h2-3,23-43H,20H2,1H3. The van der Waals surface area contributed by atoms with Crippen LogP contribution in [-0.2, 0) is 16.3 Å². The first-order valence-corrected chi connectivity index (χ1v) is 11.3. The van der Waals surface area contributed by atoms with Gasteiger partial charge in [0.1, 0.15) is 0 Å². The summed E-state index contributed by atoms with van der Waals surface area (Å²) in [5.41, 5.74) is -15.5. The van der Waals surface area contributed by atoms with Gasteiger partial charge in [0, 0.05) is 11.1 Å². The molecule has 3 unspecified atom stereocenters. The van der Waals surface area contributed by atoms with Crippen molar-refractivity contribution in [2.75, 3.05) is 7.11 Å². The molecule has 3 atom stereocenters. The number of methoxy groups -OCH3 is 1. The van der Waals surface area contributed by atoms with Gasteiger partial charge in [0.2, 0.25) is 11.5 Å². The van der Waals surface area contributed by atoms with Gasteiger partial charge >= 0.3 is 12.1 Å². The van der Waals surface area contributed by atoms with Gasteiger partial charge in [-0.3, -0.25) is 10.5 Å². The molecule has 1 aromatic carbocycles. The van der Waals surface area contributed by atoms with Crippen molar-refractivity contribution >= 4 is 5.78 Å². The van der Waals surface area contributed by atoms with Crippen LogP contribution in [0.2, 0.25) is 0 Å². The summed E-state index contributed by atoms with van der Waals surface area (Å²) in [5.74, 6) is -43.8. The van der Waals surface area contributed by atoms with Crippen LogP contribution >= 0.6 is 0 Å². The van der Waals surface area contributed by atoms with Crippen LogP contribution in [0.5, 0.6) is 11.5 Å². The summed E-state index contributed by atoms with van der Waals surface area (Å²) in [5, 5.41) is 216. The number of nitrogens with zero attached hydrogens (tertiary/aromatic N) is 1. The molecule has 0 aliphatic carbocycles. The van der Waals surface area contributed by atoms with Gasteiger partial charge in [-0.25, -0.2) is 0 Å². The SMILES string of the molecule is COc1cc2c(cc1OC(O)(O)O)C(O)(O)C(O)(O)N1C(O)(O)C(O)(C(O)(O)C(O)(C(N)(O)O)C(O)(O)O)C(=O)C(O)(O)C21O. The predicted molar refractivity (Wildman–Crippen MR) is 119 cm³/mol. The van der Waals surface area contributed by atoms with E-state index in [2.05, 4.69) is 10.5 Å². The number of Topliss-reactive ketones (excluding diaryl/α,β-unsaturated/α-hetero) is 1. The van der Waals surface area contributed by atoms with E-state index in [1.165, 1.54) is 0 Å². The number of hydrogen-bond acceptors (Lipinski definition) is 26. The number of aliphatic hydroxyl groups is 21. The Hall–Kier alpha value is -2.43. The van der Waals surface area contributed by atoms with Crippen LogP contribution in [0.15, 0.2) is 12.1 Å². The second-order valence-electron chi connectivity index (χ2n) is 10.1. The third kappa shape index (κ3) is 4.13. The number of ketones is 1. The molecule has 26 heteroatoms. The molecule has 0 saturated carbocycles. The van der Waals surface area contributed by atoms with Crippen molar-refractivity contribution in [2.24, 2.45) is 5.73 Å². The Balaban J connectivity index is 2.58. The Morgan fingerprint density at radius 2 is 1.13 bits per heavy atom. The summed E-state index contributed by atoms with van der Waals surface area (Å²) in [7, 11) is 0.680. The Morgan fingerprint density at radius 3 is 1.51 bits per heavy atom. The zero-order valence-corrected chi connectivity index (χ0v) is 21.8. The van der Waals surface area contributed by atoms with Gasteiger partial charge in [0.05, 0.1) is 7.11 Å². The molecule has 2 aliphatic rings. The van der Waals surface area contributed by atoms with Crippen LogP contribution < -0.4 is 15.2 Å². The molecule has 258 valence electrons. The number of hydrogen-bond donors (Lipinski definition) is 22. The van der Waals surface area contributed by atoms with Crippen LogP contribution in [0, 0.1) is 0 Å². The van der Waals surface area contributed by atoms with Gasteiger partial charge in [-0.2, -0.15) is 4.90 Å². The van der Waals surface area contributed by atoms with Crippen molar-refractivity contribution in [1.82, 2.24) is 4.90 Å². The summed E-state index contributed by atoms with van der Waals surface area (Å²) >= 11 is 0. The lowest BCUT2D eigenvalue weighted by molar-refractivity contribution is -0.587. The highest BCUT2D eigenvalue weighted by atomic mass is 16.9. The van der Waals surface area contributed by atoms with Crippen LogP contribution in [0.25, 0.3) is 0 Å². The zero-order valence-electron chi connectivity index (χ0n) is 21.8. The average molecular weight is 668 g/mol. The van der Waals surface area contributed by atoms with E-state index >= 15 is 0 Å². The fraction of sp³-hybridized carbons (Fsp3) is 0.632. The molecule has 45 heavy (non-hydrogen) atoms. The molecule has 0 amide bonds. The molecule has 0 spiro atoms. The summed E-state index contributed by atoms with van der Waals surface area (Å²) in [4.78, 5) is 11.7. The van der Waals surface area contributed by atoms with E-state index in [1.54, 1.807) is 0 Å². The van der Waals surface area contributed by atoms with E-state index in [-0.39, 0.29) is 12.1 Å². The molecular weight excluding hydrogens is 640 g/mol. The number of rotatable bonds is 7. The normalized spacial score (nSPS) is 29.4. The second kappa shape index (κ2) is 9.34. The van der Waals surface area contributed by atoms with Gasteiger partial charge < -0.3 is 117 Å². The van der Waals surface area contributed by atoms with Crippen molar-refractivity contribution in [3.05, 3.63) is 23.3 Å². The molecule has 1 fully saturated rings. The lowest BCUT2D eigenvalue weighted by Crippen LogP contribution is -2.98. The molecule has 0 aromatic heterocycles. The first-order chi connectivity index (χ1) is 19.5. The maximum Gasteiger partial charge on any atom is 0.453 e. The van der Waals surface area contributed by atoms with E-state index in [1.807, 2.05) is 0 Å². The molecule has 1 aromatic rings. The third-order valence-corrected chi connectivity index (χ3v) is 7.36. The minimum atomic E-state index is -6.07. The maximum absolute atomic E-state index is 13.4. The number of ether oxygens (including phenoxy) is 2. The van der Waals surface area contributed by atoms with Crippen molar-refractivity contribution in [3.8, 4) is 11.5 Å². The summed E-state index contributed by atoms with van der Waals surface area (Å²) < 4.78 is 8.92. The summed E-state index contributed by atoms with van der Waals surface area (Å²) in [6.45, 7) is 0. The first kappa shape index (κ1) is 37.0. The second-order valence-corrected chi connectivity index (χ2v) is 10.1. The molecular formula is C19H28N2O24. The van der Waals surface area contributed by atoms with Gasteiger partial charge in [0.15, 0.2) is 11.5 Å². The van der Waals surface area contributed by atoms with Gasteiger partial charge in [-0.15, -0.1) is 0 Å². The maximum atomic E-state index is 13.4. The predicted octanol–water partition coefficient (Wildman–Crippen LogP) is -13.8. The third-order valence-electron chi connectivity index (χ3n) is 7.36. The van der Waals surface area contributed by atoms with Crippen molar-refractivity contribution in [2.45, 2.75) is 64.2 Å². The Labute approximate surface area is 244 Å². The van der Waals surface area contributed by atoms with Crippen LogP contribution in [-0.4, -0.2) is 178 Å². The van der Waals surface area contributed by atoms with Crippen LogP contribution in [0.4, 0.5) is 0 Å². The van der Waals surface area contributed by atoms with Crippen molar-refractivity contribution < 1.29 is 122 Å². The zero-order chi connectivity index (χ0) is 35.8. The van der Waals surface area contributed by atoms with Crippen molar-refractivity contribution in [1.29, 1.82) is 0 Å². The molecule has 0 radical (unpaired) electrons. The van der Waals surface area contributed by atoms with E-state index in [0.717, 1.165) is 0 Å². The van der Waals surface area contributed by atoms with Crippen LogP contribution in [0.3, 0.4) is 0 Å². The topological polar surface area (TPSA) is 490 Å². The Bertz CT molecular complexity index is 1370. The summed E-state index contributed by atoms with van der Waals surface area (Å²) in [6.07, 6.45) is -4.14. The number of carbonyl (C=O) groups is 1. The Kier molecular flexibility index (Phi) is 7.69. The molecule has 26 nitrogen and oxygen atoms in total. The number of carbonyl (C=O) groups excluding carboxylic acids is 1. The molecule has 0 bridgehead atoms. The lowest BCUT2D eigenvalue weighted by Gasteiger charge is -2.67. The van der Waals surface area contributed by atoms with E-state index in [0.29, 0.717) is 7.11 Å². The van der Waals surface area contributed by atoms with Gasteiger partial charge in [-0.05, 0) is 12.1 Å². The number of fused-ring (bicyclic) bond motifs is 3.